The first kappa shape index (κ1) is 17.0. The van der Waals surface area contributed by atoms with Crippen molar-refractivity contribution in [1.29, 1.82) is 0 Å². The fourth-order valence-electron chi connectivity index (χ4n) is 2.11. The van der Waals surface area contributed by atoms with E-state index in [1.54, 1.807) is 7.11 Å². The minimum Gasteiger partial charge on any atom is -0.451 e. The van der Waals surface area contributed by atoms with Gasteiger partial charge in [0.25, 0.3) is 5.91 Å². The van der Waals surface area contributed by atoms with Gasteiger partial charge in [0, 0.05) is 35.7 Å². The Morgan fingerprint density at radius 1 is 1.32 bits per heavy atom. The molecule has 0 atom stereocenters. The second-order valence-corrected chi connectivity index (χ2v) is 5.83. The molecule has 2 aromatic rings. The molecule has 0 fully saturated rings. The largest absolute Gasteiger partial charge is 0.451 e. The summed E-state index contributed by atoms with van der Waals surface area (Å²) < 4.78 is 16.8. The molecule has 2 rings (SSSR count). The Hall–Kier alpha value is -1.37. The number of furan rings is 1. The molecule has 0 saturated carbocycles. The molecule has 0 unspecified atom stereocenters. The molecule has 1 aromatic carbocycles. The fourth-order valence-corrected chi connectivity index (χ4v) is 2.47. The minimum atomic E-state index is -0.193. The van der Waals surface area contributed by atoms with Crippen molar-refractivity contribution in [3.05, 3.63) is 34.0 Å². The van der Waals surface area contributed by atoms with Gasteiger partial charge in [0.05, 0.1) is 13.2 Å². The molecule has 0 bridgehead atoms. The number of halogens is 1. The average molecular weight is 370 g/mol. The van der Waals surface area contributed by atoms with Gasteiger partial charge >= 0.3 is 0 Å². The van der Waals surface area contributed by atoms with Gasteiger partial charge in [-0.15, -0.1) is 0 Å². The average Bonchev–Trinajstić information content (AvgIpc) is 2.83. The summed E-state index contributed by atoms with van der Waals surface area (Å²) in [4.78, 5) is 12.2. The van der Waals surface area contributed by atoms with Crippen LogP contribution in [0.5, 0.6) is 0 Å². The lowest BCUT2D eigenvalue weighted by atomic mass is 10.1. The van der Waals surface area contributed by atoms with Gasteiger partial charge in [0.1, 0.15) is 5.58 Å². The van der Waals surface area contributed by atoms with Crippen molar-refractivity contribution in [2.24, 2.45) is 0 Å². The van der Waals surface area contributed by atoms with Crippen molar-refractivity contribution in [3.63, 3.8) is 0 Å². The zero-order valence-corrected chi connectivity index (χ0v) is 14.4. The van der Waals surface area contributed by atoms with Crippen LogP contribution in [-0.2, 0) is 9.47 Å². The quantitative estimate of drug-likeness (QED) is 0.725. The lowest BCUT2D eigenvalue weighted by Gasteiger charge is -2.05. The van der Waals surface area contributed by atoms with E-state index in [2.05, 4.69) is 21.2 Å². The molecule has 1 amide bonds. The van der Waals surface area contributed by atoms with E-state index in [0.717, 1.165) is 21.8 Å². The summed E-state index contributed by atoms with van der Waals surface area (Å²) >= 11 is 3.42. The zero-order valence-electron chi connectivity index (χ0n) is 12.8. The molecule has 0 aliphatic rings. The molecule has 0 aliphatic heterocycles. The lowest BCUT2D eigenvalue weighted by molar-refractivity contribution is 0.0687. The summed E-state index contributed by atoms with van der Waals surface area (Å²) in [5.74, 6) is 0.176. The van der Waals surface area contributed by atoms with Gasteiger partial charge in [-0.3, -0.25) is 4.79 Å². The van der Waals surface area contributed by atoms with Crippen LogP contribution in [0.1, 0.15) is 22.5 Å². The normalized spacial score (nSPS) is 11.0. The van der Waals surface area contributed by atoms with Crippen LogP contribution in [0.25, 0.3) is 11.0 Å². The van der Waals surface area contributed by atoms with Crippen LogP contribution in [0.15, 0.2) is 27.1 Å². The predicted octanol–water partition coefficient (Wildman–Crippen LogP) is 3.29. The van der Waals surface area contributed by atoms with Gasteiger partial charge < -0.3 is 19.2 Å². The number of aryl methyl sites for hydroxylation is 1. The van der Waals surface area contributed by atoms with E-state index >= 15 is 0 Å². The van der Waals surface area contributed by atoms with Crippen LogP contribution in [0, 0.1) is 6.92 Å². The highest BCUT2D eigenvalue weighted by Crippen LogP contribution is 2.27. The SMILES string of the molecule is COCCOCCCNC(=O)c1oc2ccc(Br)cc2c1C. The highest BCUT2D eigenvalue weighted by Gasteiger charge is 2.17. The summed E-state index contributed by atoms with van der Waals surface area (Å²) in [7, 11) is 1.64. The first-order valence-corrected chi connectivity index (χ1v) is 7.96. The molecule has 0 radical (unpaired) electrons. The van der Waals surface area contributed by atoms with E-state index in [1.165, 1.54) is 0 Å². The Morgan fingerprint density at radius 2 is 2.14 bits per heavy atom. The van der Waals surface area contributed by atoms with Crippen LogP contribution < -0.4 is 5.32 Å². The van der Waals surface area contributed by atoms with Crippen LogP contribution in [0.3, 0.4) is 0 Å². The van der Waals surface area contributed by atoms with Gasteiger partial charge in [-0.2, -0.15) is 0 Å². The standard InChI is InChI=1S/C16H20BrNO4/c1-11-13-10-12(17)4-5-14(13)22-15(11)16(19)18-6-3-7-21-9-8-20-2/h4-5,10H,3,6-9H2,1-2H3,(H,18,19). The monoisotopic (exact) mass is 369 g/mol. The number of hydrogen-bond acceptors (Lipinski definition) is 4. The first-order valence-electron chi connectivity index (χ1n) is 7.17. The second kappa shape index (κ2) is 8.31. The van der Waals surface area contributed by atoms with Crippen LogP contribution in [0.4, 0.5) is 0 Å². The summed E-state index contributed by atoms with van der Waals surface area (Å²) in [5, 5.41) is 3.80. The molecule has 6 heteroatoms. The van der Waals surface area contributed by atoms with Crippen LogP contribution in [-0.4, -0.2) is 39.4 Å². The second-order valence-electron chi connectivity index (χ2n) is 4.91. The molecule has 22 heavy (non-hydrogen) atoms. The highest BCUT2D eigenvalue weighted by molar-refractivity contribution is 9.10. The maximum atomic E-state index is 12.2. The van der Waals surface area contributed by atoms with Crippen LogP contribution in [0.2, 0.25) is 0 Å². The maximum Gasteiger partial charge on any atom is 0.287 e. The Kier molecular flexibility index (Phi) is 6.42. The molecule has 0 saturated heterocycles. The summed E-state index contributed by atoms with van der Waals surface area (Å²) in [6, 6.07) is 5.70. The van der Waals surface area contributed by atoms with E-state index in [0.29, 0.717) is 37.7 Å². The first-order chi connectivity index (χ1) is 10.6. The highest BCUT2D eigenvalue weighted by atomic mass is 79.9. The number of amides is 1. The number of nitrogens with one attached hydrogen (secondary N) is 1. The van der Waals surface area contributed by atoms with Gasteiger partial charge in [0.15, 0.2) is 5.76 Å². The third-order valence-electron chi connectivity index (χ3n) is 3.29. The van der Waals surface area contributed by atoms with E-state index in [-0.39, 0.29) is 5.91 Å². The van der Waals surface area contributed by atoms with E-state index < -0.39 is 0 Å². The van der Waals surface area contributed by atoms with Crippen molar-refractivity contribution < 1.29 is 18.7 Å². The van der Waals surface area contributed by atoms with Crippen molar-refractivity contribution in [1.82, 2.24) is 5.32 Å². The number of hydrogen-bond donors (Lipinski definition) is 1. The summed E-state index contributed by atoms with van der Waals surface area (Å²) in [6.45, 7) is 4.19. The van der Waals surface area contributed by atoms with Crippen molar-refractivity contribution in [2.75, 3.05) is 33.5 Å². The smallest absolute Gasteiger partial charge is 0.287 e. The van der Waals surface area contributed by atoms with Gasteiger partial charge in [-0.1, -0.05) is 15.9 Å². The number of carbonyl (C=O) groups excluding carboxylic acids is 1. The van der Waals surface area contributed by atoms with Crippen molar-refractivity contribution in [2.45, 2.75) is 13.3 Å². The number of methoxy groups -OCH3 is 1. The van der Waals surface area contributed by atoms with Gasteiger partial charge in [0.2, 0.25) is 0 Å². The number of carbonyl (C=O) groups is 1. The fraction of sp³-hybridized carbons (Fsp3) is 0.438. The lowest BCUT2D eigenvalue weighted by Crippen LogP contribution is -2.25. The predicted molar refractivity (Wildman–Crippen MR) is 88.3 cm³/mol. The van der Waals surface area contributed by atoms with E-state index in [9.17, 15) is 4.79 Å². The molecule has 5 nitrogen and oxygen atoms in total. The molecule has 1 aromatic heterocycles. The van der Waals surface area contributed by atoms with Crippen molar-refractivity contribution in [3.8, 4) is 0 Å². The zero-order chi connectivity index (χ0) is 15.9. The van der Waals surface area contributed by atoms with Gasteiger partial charge in [-0.25, -0.2) is 0 Å². The summed E-state index contributed by atoms with van der Waals surface area (Å²) in [6.07, 6.45) is 0.750. The third-order valence-corrected chi connectivity index (χ3v) is 3.78. The topological polar surface area (TPSA) is 60.7 Å². The summed E-state index contributed by atoms with van der Waals surface area (Å²) in [5.41, 5.74) is 1.57. The molecule has 1 heterocycles. The number of benzene rings is 1. The molecule has 0 spiro atoms. The molecule has 120 valence electrons. The molecule has 1 N–H and O–H groups in total. The Bertz CT molecular complexity index is 638. The molecule has 0 aliphatic carbocycles. The van der Waals surface area contributed by atoms with E-state index in [1.807, 2.05) is 25.1 Å². The number of ether oxygens (including phenoxy) is 2. The molecular formula is C16H20BrNO4. The van der Waals surface area contributed by atoms with Crippen LogP contribution >= 0.6 is 15.9 Å². The Morgan fingerprint density at radius 3 is 2.91 bits per heavy atom. The third kappa shape index (κ3) is 4.32. The van der Waals surface area contributed by atoms with Gasteiger partial charge in [-0.05, 0) is 31.5 Å². The van der Waals surface area contributed by atoms with E-state index in [4.69, 9.17) is 13.9 Å². The minimum absolute atomic E-state index is 0.193. The number of rotatable bonds is 8. The maximum absolute atomic E-state index is 12.2. The van der Waals surface area contributed by atoms with Crippen molar-refractivity contribution >= 4 is 32.8 Å². The Balaban J connectivity index is 1.86. The molecular weight excluding hydrogens is 350 g/mol. The number of fused-ring (bicyclic) bond motifs is 1. The Labute approximate surface area is 138 Å².